The minimum Gasteiger partial charge on any atom is -0.496 e. The van der Waals surface area contributed by atoms with E-state index in [2.05, 4.69) is 5.32 Å². The maximum absolute atomic E-state index is 13.3. The Morgan fingerprint density at radius 1 is 1.00 bits per heavy atom. The van der Waals surface area contributed by atoms with Gasteiger partial charge in [-0.1, -0.05) is 41.9 Å². The Morgan fingerprint density at radius 2 is 1.74 bits per heavy atom. The van der Waals surface area contributed by atoms with Crippen molar-refractivity contribution in [2.75, 3.05) is 12.4 Å². The molecule has 0 saturated heterocycles. The van der Waals surface area contributed by atoms with Gasteiger partial charge in [-0.05, 0) is 42.0 Å². The smallest absolute Gasteiger partial charge is 0.418 e. The number of rotatable bonds is 7. The Balaban J connectivity index is 1.77. The first-order valence-electron chi connectivity index (χ1n) is 9.24. The fourth-order valence-electron chi connectivity index (χ4n) is 2.94. The minimum atomic E-state index is -4.66. The van der Waals surface area contributed by atoms with Crippen LogP contribution in [-0.4, -0.2) is 13.0 Å². The lowest BCUT2D eigenvalue weighted by molar-refractivity contribution is -0.136. The van der Waals surface area contributed by atoms with Gasteiger partial charge in [0, 0.05) is 16.1 Å². The summed E-state index contributed by atoms with van der Waals surface area (Å²) in [6.07, 6.45) is -4.66. The van der Waals surface area contributed by atoms with Gasteiger partial charge in [-0.15, -0.1) is 0 Å². The molecule has 1 N–H and O–H groups in total. The molecule has 0 atom stereocenters. The molecular formula is C23H19ClF3NO3. The van der Waals surface area contributed by atoms with Gasteiger partial charge in [0.15, 0.2) is 0 Å². The average Bonchev–Trinajstić information content (AvgIpc) is 2.75. The second kappa shape index (κ2) is 9.85. The van der Waals surface area contributed by atoms with Crippen LogP contribution >= 0.6 is 11.6 Å². The standard InChI is InChI=1S/C23H19ClF3NO3/c1-30-21-10-7-16(11-17(21)14-31-13-15-5-3-2-4-6-15)22(29)28-20-9-8-18(24)12-19(20)23(25,26)27/h2-12H,13-14H2,1H3,(H,28,29). The monoisotopic (exact) mass is 449 g/mol. The molecular weight excluding hydrogens is 431 g/mol. The Bertz CT molecular complexity index is 1060. The number of alkyl halides is 3. The fourth-order valence-corrected chi connectivity index (χ4v) is 3.11. The van der Waals surface area contributed by atoms with Crippen LogP contribution in [0.1, 0.15) is 27.0 Å². The third-order valence-corrected chi connectivity index (χ3v) is 4.68. The molecule has 0 aliphatic rings. The van der Waals surface area contributed by atoms with E-state index < -0.39 is 17.6 Å². The minimum absolute atomic E-state index is 0.0763. The van der Waals surface area contributed by atoms with Gasteiger partial charge in [0.1, 0.15) is 5.75 Å². The topological polar surface area (TPSA) is 47.6 Å². The number of nitrogens with one attached hydrogen (secondary N) is 1. The number of ether oxygens (including phenoxy) is 2. The number of carbonyl (C=O) groups is 1. The van der Waals surface area contributed by atoms with Gasteiger partial charge >= 0.3 is 6.18 Å². The highest BCUT2D eigenvalue weighted by atomic mass is 35.5. The number of methoxy groups -OCH3 is 1. The van der Waals surface area contributed by atoms with Crippen molar-refractivity contribution in [1.82, 2.24) is 0 Å². The molecule has 1 amide bonds. The van der Waals surface area contributed by atoms with Crippen LogP contribution in [0.25, 0.3) is 0 Å². The van der Waals surface area contributed by atoms with Crippen molar-refractivity contribution < 1.29 is 27.4 Å². The molecule has 8 heteroatoms. The van der Waals surface area contributed by atoms with Crippen molar-refractivity contribution in [2.24, 2.45) is 0 Å². The molecule has 0 heterocycles. The summed E-state index contributed by atoms with van der Waals surface area (Å²) in [6.45, 7) is 0.522. The normalized spacial score (nSPS) is 11.3. The van der Waals surface area contributed by atoms with Crippen molar-refractivity contribution in [1.29, 1.82) is 0 Å². The molecule has 3 rings (SSSR count). The summed E-state index contributed by atoms with van der Waals surface area (Å²) in [5.74, 6) is -0.188. The Hall–Kier alpha value is -3.03. The second-order valence-corrected chi connectivity index (χ2v) is 7.08. The first kappa shape index (κ1) is 22.7. The number of hydrogen-bond acceptors (Lipinski definition) is 3. The maximum Gasteiger partial charge on any atom is 0.418 e. The molecule has 0 radical (unpaired) electrons. The zero-order valence-corrected chi connectivity index (χ0v) is 17.3. The van der Waals surface area contributed by atoms with Crippen molar-refractivity contribution in [2.45, 2.75) is 19.4 Å². The van der Waals surface area contributed by atoms with Gasteiger partial charge < -0.3 is 14.8 Å². The largest absolute Gasteiger partial charge is 0.496 e. The van der Waals surface area contributed by atoms with E-state index in [9.17, 15) is 18.0 Å². The zero-order valence-electron chi connectivity index (χ0n) is 16.5. The third-order valence-electron chi connectivity index (χ3n) is 4.45. The van der Waals surface area contributed by atoms with E-state index in [1.807, 2.05) is 30.3 Å². The molecule has 0 saturated carbocycles. The van der Waals surface area contributed by atoms with Crippen molar-refractivity contribution in [3.8, 4) is 5.75 Å². The van der Waals surface area contributed by atoms with E-state index in [0.29, 0.717) is 17.9 Å². The van der Waals surface area contributed by atoms with Crippen LogP contribution in [0.3, 0.4) is 0 Å². The number of carbonyl (C=O) groups excluding carboxylic acids is 1. The summed E-state index contributed by atoms with van der Waals surface area (Å²) in [5, 5.41) is 2.23. The summed E-state index contributed by atoms with van der Waals surface area (Å²) in [5.41, 5.74) is 0.353. The predicted molar refractivity (Wildman–Crippen MR) is 112 cm³/mol. The quantitative estimate of drug-likeness (QED) is 0.458. The summed E-state index contributed by atoms with van der Waals surface area (Å²) in [6, 6.07) is 17.3. The van der Waals surface area contributed by atoms with Crippen LogP contribution in [0.2, 0.25) is 5.02 Å². The van der Waals surface area contributed by atoms with Crippen LogP contribution in [0.5, 0.6) is 5.75 Å². The highest BCUT2D eigenvalue weighted by molar-refractivity contribution is 6.30. The summed E-state index contributed by atoms with van der Waals surface area (Å²) in [4.78, 5) is 12.6. The molecule has 3 aromatic carbocycles. The van der Waals surface area contributed by atoms with Crippen LogP contribution in [0.4, 0.5) is 18.9 Å². The summed E-state index contributed by atoms with van der Waals surface area (Å²) < 4.78 is 50.8. The molecule has 3 aromatic rings. The first-order valence-corrected chi connectivity index (χ1v) is 9.62. The van der Waals surface area contributed by atoms with E-state index >= 15 is 0 Å². The summed E-state index contributed by atoms with van der Waals surface area (Å²) in [7, 11) is 1.49. The fraction of sp³-hybridized carbons (Fsp3) is 0.174. The van der Waals surface area contributed by atoms with Crippen LogP contribution in [0.15, 0.2) is 66.7 Å². The van der Waals surface area contributed by atoms with E-state index in [1.54, 1.807) is 6.07 Å². The number of benzene rings is 3. The van der Waals surface area contributed by atoms with Crippen molar-refractivity contribution in [3.05, 3.63) is 94.0 Å². The molecule has 0 bridgehead atoms. The van der Waals surface area contributed by atoms with E-state index in [0.717, 1.165) is 17.7 Å². The Morgan fingerprint density at radius 3 is 2.42 bits per heavy atom. The Labute approximate surface area is 182 Å². The van der Waals surface area contributed by atoms with E-state index in [-0.39, 0.29) is 22.9 Å². The van der Waals surface area contributed by atoms with Gasteiger partial charge in [0.05, 0.1) is 31.6 Å². The predicted octanol–water partition coefficient (Wildman–Crippen LogP) is 6.34. The number of amides is 1. The van der Waals surface area contributed by atoms with Gasteiger partial charge in [-0.2, -0.15) is 13.2 Å². The van der Waals surface area contributed by atoms with Gasteiger partial charge in [-0.3, -0.25) is 4.79 Å². The molecule has 0 unspecified atom stereocenters. The van der Waals surface area contributed by atoms with Gasteiger partial charge in [0.25, 0.3) is 5.91 Å². The van der Waals surface area contributed by atoms with Crippen LogP contribution in [0, 0.1) is 0 Å². The molecule has 0 aliphatic heterocycles. The van der Waals surface area contributed by atoms with Crippen molar-refractivity contribution in [3.63, 3.8) is 0 Å². The summed E-state index contributed by atoms with van der Waals surface area (Å²) >= 11 is 5.68. The highest BCUT2D eigenvalue weighted by Gasteiger charge is 2.34. The average molecular weight is 450 g/mol. The molecule has 0 aliphatic carbocycles. The lowest BCUT2D eigenvalue weighted by atomic mass is 10.1. The Kier molecular flexibility index (Phi) is 7.20. The highest BCUT2D eigenvalue weighted by Crippen LogP contribution is 2.36. The molecule has 162 valence electrons. The van der Waals surface area contributed by atoms with Gasteiger partial charge in [-0.25, -0.2) is 0 Å². The second-order valence-electron chi connectivity index (χ2n) is 6.65. The first-order chi connectivity index (χ1) is 14.8. The SMILES string of the molecule is COc1ccc(C(=O)Nc2ccc(Cl)cc2C(F)(F)F)cc1COCc1ccccc1. The van der Waals surface area contributed by atoms with Crippen molar-refractivity contribution >= 4 is 23.2 Å². The molecule has 0 aromatic heterocycles. The van der Waals surface area contributed by atoms with Gasteiger partial charge in [0.2, 0.25) is 0 Å². The number of halogens is 4. The molecule has 0 fully saturated rings. The third kappa shape index (κ3) is 5.99. The van der Waals surface area contributed by atoms with E-state index in [1.165, 1.54) is 25.3 Å². The van der Waals surface area contributed by atoms with E-state index in [4.69, 9.17) is 21.1 Å². The zero-order chi connectivity index (χ0) is 22.4. The lowest BCUT2D eigenvalue weighted by Crippen LogP contribution is -2.17. The molecule has 0 spiro atoms. The number of anilines is 1. The molecule has 31 heavy (non-hydrogen) atoms. The maximum atomic E-state index is 13.3. The van der Waals surface area contributed by atoms with Crippen LogP contribution in [-0.2, 0) is 24.1 Å². The lowest BCUT2D eigenvalue weighted by Gasteiger charge is -2.15. The molecule has 4 nitrogen and oxygen atoms in total. The van der Waals surface area contributed by atoms with Crippen LogP contribution < -0.4 is 10.1 Å². The number of hydrogen-bond donors (Lipinski definition) is 1.